The fourth-order valence-electron chi connectivity index (χ4n) is 14.5. The topological polar surface area (TPSA) is 137 Å². The van der Waals surface area contributed by atoms with E-state index in [4.69, 9.17) is 18.9 Å². The van der Waals surface area contributed by atoms with Crippen LogP contribution in [0.4, 0.5) is 0 Å². The predicted molar refractivity (Wildman–Crippen MR) is 349 cm³/mol. The molecule has 6 aromatic rings. The number of aromatic nitrogens is 2. The lowest BCUT2D eigenvalue weighted by molar-refractivity contribution is -0.140. The van der Waals surface area contributed by atoms with Crippen LogP contribution in [0.25, 0.3) is 0 Å². The van der Waals surface area contributed by atoms with Gasteiger partial charge < -0.3 is 29.2 Å². The van der Waals surface area contributed by atoms with Gasteiger partial charge in [-0.2, -0.15) is 0 Å². The second-order valence-electron chi connectivity index (χ2n) is 32.4. The average molecular weight is 1170 g/mol. The highest BCUT2D eigenvalue weighted by molar-refractivity contribution is 5.70. The molecule has 86 heavy (non-hydrogen) atoms. The van der Waals surface area contributed by atoms with E-state index < -0.39 is 25.2 Å². The SMILES string of the molecule is CC(C)(C)CC(C)(C)c1cc2c(OCC(=O)O)c(c1)Cc1cc(C(C)(C)CC(C)(C)C)cc(c1OCc1cccnc1)Cc1cc(C(C)(C)CC(C)(C)C)cc(c1OCC(=O)O)Cc1cc(C(C)(C)CC(C)(C)C)cc(c1OCc1cccnc1)C2. The number of hydrogen-bond donors (Lipinski definition) is 2. The van der Waals surface area contributed by atoms with Crippen LogP contribution in [-0.2, 0) is 70.1 Å². The number of aliphatic carboxylic acids is 2. The smallest absolute Gasteiger partial charge is 0.341 e. The normalized spacial score (nSPS) is 13.7. The summed E-state index contributed by atoms with van der Waals surface area (Å²) in [7, 11) is 0. The summed E-state index contributed by atoms with van der Waals surface area (Å²) in [5, 5.41) is 21.1. The summed E-state index contributed by atoms with van der Waals surface area (Å²) in [6, 6.07) is 26.1. The van der Waals surface area contributed by atoms with E-state index in [2.05, 4.69) is 197 Å². The molecule has 10 nitrogen and oxygen atoms in total. The number of benzene rings is 4. The van der Waals surface area contributed by atoms with Crippen molar-refractivity contribution in [1.82, 2.24) is 9.97 Å². The van der Waals surface area contributed by atoms with Gasteiger partial charge in [-0.05, 0) is 148 Å². The molecule has 4 aromatic carbocycles. The fraction of sp³-hybridized carbons (Fsp3) is 0.526. The van der Waals surface area contributed by atoms with Gasteiger partial charge in [0.25, 0.3) is 0 Å². The lowest BCUT2D eigenvalue weighted by Crippen LogP contribution is -2.26. The first-order valence-electron chi connectivity index (χ1n) is 31.0. The van der Waals surface area contributed by atoms with E-state index >= 15 is 0 Å². The van der Waals surface area contributed by atoms with Crippen molar-refractivity contribution in [2.45, 2.75) is 225 Å². The van der Waals surface area contributed by atoms with E-state index in [1.165, 1.54) is 0 Å². The van der Waals surface area contributed by atoms with Crippen LogP contribution in [0, 0.1) is 21.7 Å². The molecule has 2 aromatic heterocycles. The number of hydrogen-bond acceptors (Lipinski definition) is 8. The lowest BCUT2D eigenvalue weighted by atomic mass is 9.70. The molecule has 1 aliphatic carbocycles. The molecule has 0 spiro atoms. The summed E-state index contributed by atoms with van der Waals surface area (Å²) in [5.74, 6) is 0.273. The molecule has 0 atom stereocenters. The molecule has 8 bridgehead atoms. The molecule has 0 saturated carbocycles. The van der Waals surface area contributed by atoms with Crippen LogP contribution in [-0.4, -0.2) is 45.3 Å². The molecule has 0 fully saturated rings. The number of carboxylic acid groups (broad SMARTS) is 2. The Kier molecular flexibility index (Phi) is 19.9. The molecule has 1 aliphatic rings. The van der Waals surface area contributed by atoms with Crippen LogP contribution in [0.1, 0.15) is 242 Å². The maximum absolute atomic E-state index is 12.9. The molecule has 0 aliphatic heterocycles. The van der Waals surface area contributed by atoms with Gasteiger partial charge in [-0.3, -0.25) is 9.97 Å². The Hall–Kier alpha value is -6.68. The maximum atomic E-state index is 12.9. The lowest BCUT2D eigenvalue weighted by Gasteiger charge is -2.36. The van der Waals surface area contributed by atoms with Gasteiger partial charge >= 0.3 is 11.9 Å². The standard InChI is InChI=1S/C76H102N2O8/c1-69(2,3)45-73(13,14)59-31-51-27-55-35-61(75(17,18)47-71(7,8)9)37-57(67(55)85-43-63(79)80)29-53-33-60(74(15,16)46-70(4,5)6)34-54(66(53)84-42-50-24-22-26-78-40-50)30-58-38-62(76(19,20)48-72(10,11)12)36-56(68(58)86-44-64(81)82)28-52(32-59)65(51)83-41-49-23-21-25-77-39-49/h21-26,31-40H,27-30,41-48H2,1-20H3,(H,79,80)(H,81,82). The molecule has 0 unspecified atom stereocenters. The molecule has 464 valence electrons. The number of nitrogens with zero attached hydrogens (tertiary/aromatic N) is 2. The second-order valence-corrected chi connectivity index (χ2v) is 32.4. The third-order valence-corrected chi connectivity index (χ3v) is 16.4. The van der Waals surface area contributed by atoms with Gasteiger partial charge in [0.1, 0.15) is 36.2 Å². The van der Waals surface area contributed by atoms with Crippen molar-refractivity contribution in [2.24, 2.45) is 21.7 Å². The Morgan fingerprint density at radius 1 is 0.372 bits per heavy atom. The van der Waals surface area contributed by atoms with Crippen LogP contribution in [0.3, 0.4) is 0 Å². The quantitative estimate of drug-likeness (QED) is 0.0759. The van der Waals surface area contributed by atoms with E-state index in [1.54, 1.807) is 12.4 Å². The van der Waals surface area contributed by atoms with Crippen molar-refractivity contribution in [1.29, 1.82) is 0 Å². The third-order valence-electron chi connectivity index (χ3n) is 16.4. The fourth-order valence-corrected chi connectivity index (χ4v) is 14.5. The number of carbonyl (C=O) groups is 2. The van der Waals surface area contributed by atoms with Crippen LogP contribution >= 0.6 is 0 Å². The molecular formula is C76H102N2O8. The van der Waals surface area contributed by atoms with Crippen molar-refractivity contribution < 1.29 is 38.7 Å². The average Bonchev–Trinajstić information content (AvgIpc) is 1.19. The van der Waals surface area contributed by atoms with Gasteiger partial charge in [-0.25, -0.2) is 9.59 Å². The van der Waals surface area contributed by atoms with Gasteiger partial charge in [0.2, 0.25) is 0 Å². The van der Waals surface area contributed by atoms with Gasteiger partial charge in [-0.15, -0.1) is 0 Å². The largest absolute Gasteiger partial charge is 0.488 e. The molecular weight excluding hydrogens is 1070 g/mol. The van der Waals surface area contributed by atoms with Crippen LogP contribution in [0.2, 0.25) is 0 Å². The number of carboxylic acids is 2. The number of rotatable bonds is 20. The van der Waals surface area contributed by atoms with Crippen molar-refractivity contribution in [3.05, 3.63) is 175 Å². The van der Waals surface area contributed by atoms with Crippen LogP contribution in [0.15, 0.2) is 97.6 Å². The van der Waals surface area contributed by atoms with Gasteiger partial charge in [-0.1, -0.05) is 199 Å². The molecule has 0 amide bonds. The minimum atomic E-state index is -1.07. The van der Waals surface area contributed by atoms with Crippen molar-refractivity contribution in [3.63, 3.8) is 0 Å². The zero-order valence-corrected chi connectivity index (χ0v) is 56.0. The molecule has 7 rings (SSSR count). The highest BCUT2D eigenvalue weighted by atomic mass is 16.5. The summed E-state index contributed by atoms with van der Waals surface area (Å²) in [5.41, 5.74) is 11.8. The summed E-state index contributed by atoms with van der Waals surface area (Å²) in [4.78, 5) is 34.8. The zero-order valence-electron chi connectivity index (χ0n) is 56.0. The molecule has 2 heterocycles. The first-order valence-corrected chi connectivity index (χ1v) is 31.0. The molecule has 2 N–H and O–H groups in total. The number of pyridine rings is 2. The highest BCUT2D eigenvalue weighted by Gasteiger charge is 2.36. The minimum absolute atomic E-state index is 0.0366. The van der Waals surface area contributed by atoms with Crippen molar-refractivity contribution >= 4 is 11.9 Å². The Morgan fingerprint density at radius 2 is 0.593 bits per heavy atom. The molecule has 0 saturated heterocycles. The van der Waals surface area contributed by atoms with Crippen LogP contribution < -0.4 is 18.9 Å². The first-order chi connectivity index (χ1) is 39.7. The van der Waals surface area contributed by atoms with E-state index in [9.17, 15) is 19.8 Å². The summed E-state index contributed by atoms with van der Waals surface area (Å²) < 4.78 is 28.1. The van der Waals surface area contributed by atoms with Gasteiger partial charge in [0.05, 0.1) is 0 Å². The highest BCUT2D eigenvalue weighted by Crippen LogP contribution is 2.49. The zero-order chi connectivity index (χ0) is 63.6. The first kappa shape index (κ1) is 66.8. The summed E-state index contributed by atoms with van der Waals surface area (Å²) in [6.45, 7) is 45.2. The Balaban J connectivity index is 1.73. The third kappa shape index (κ3) is 18.2. The summed E-state index contributed by atoms with van der Waals surface area (Å²) >= 11 is 0. The number of ether oxygens (including phenoxy) is 4. The van der Waals surface area contributed by atoms with E-state index in [1.807, 2.05) is 36.7 Å². The second kappa shape index (κ2) is 25.6. The molecule has 10 heteroatoms. The van der Waals surface area contributed by atoms with Crippen molar-refractivity contribution in [2.75, 3.05) is 13.2 Å². The Morgan fingerprint density at radius 3 is 0.779 bits per heavy atom. The van der Waals surface area contributed by atoms with E-state index in [0.717, 1.165) is 104 Å². The Bertz CT molecular complexity index is 3040. The Labute approximate surface area is 516 Å². The van der Waals surface area contributed by atoms with E-state index in [-0.39, 0.29) is 56.5 Å². The maximum Gasteiger partial charge on any atom is 0.341 e. The van der Waals surface area contributed by atoms with Gasteiger partial charge in [0.15, 0.2) is 13.2 Å². The summed E-state index contributed by atoms with van der Waals surface area (Å²) in [6.07, 6.45) is 12.0. The number of fused-ring (bicyclic) bond motifs is 8. The van der Waals surface area contributed by atoms with Gasteiger partial charge in [0, 0.05) is 61.6 Å². The van der Waals surface area contributed by atoms with Crippen molar-refractivity contribution in [3.8, 4) is 23.0 Å². The predicted octanol–water partition coefficient (Wildman–Crippen LogP) is 18.1. The monoisotopic (exact) mass is 1170 g/mol. The minimum Gasteiger partial charge on any atom is -0.488 e. The van der Waals surface area contributed by atoms with Crippen LogP contribution in [0.5, 0.6) is 23.0 Å². The molecule has 0 radical (unpaired) electrons. The van der Waals surface area contributed by atoms with E-state index in [0.29, 0.717) is 48.7 Å².